The number of carbonyl (C=O) groups is 2. The average Bonchev–Trinajstić information content (AvgIpc) is 3.12. The number of fused-ring (bicyclic) bond motifs is 1. The van der Waals surface area contributed by atoms with E-state index in [0.717, 1.165) is 11.1 Å². The summed E-state index contributed by atoms with van der Waals surface area (Å²) < 4.78 is 1.60. The Hall–Kier alpha value is -3.58. The zero-order chi connectivity index (χ0) is 20.5. The Kier molecular flexibility index (Phi) is 4.82. The van der Waals surface area contributed by atoms with Crippen molar-refractivity contribution < 1.29 is 14.7 Å². The number of hydrogen-bond donors (Lipinski definition) is 3. The molecule has 2 aromatic carbocycles. The quantitative estimate of drug-likeness (QED) is 0.604. The molecule has 146 valence electrons. The SMILES string of the molecule is Cc1ccc([C@@H]2C=C(C(=O)O)Nc3c(C(=O)Nc4cccc(Cl)c4)cnn32)cc1. The molecule has 0 unspecified atom stereocenters. The van der Waals surface area contributed by atoms with Gasteiger partial charge in [0.2, 0.25) is 0 Å². The maximum atomic E-state index is 12.8. The standard InChI is InChI=1S/C21H17ClN4O3/c1-12-5-7-13(8-6-12)18-10-17(21(28)29)25-19-16(11-23-26(18)19)20(27)24-15-4-2-3-14(22)9-15/h2-11,18,25H,1H3,(H,24,27)(H,28,29)/t18-/m0/s1. The predicted molar refractivity (Wildman–Crippen MR) is 110 cm³/mol. The second-order valence-electron chi connectivity index (χ2n) is 6.68. The average molecular weight is 409 g/mol. The second-order valence-corrected chi connectivity index (χ2v) is 7.12. The molecule has 4 rings (SSSR count). The van der Waals surface area contributed by atoms with Gasteiger partial charge in [-0.3, -0.25) is 4.79 Å². The first-order valence-corrected chi connectivity index (χ1v) is 9.23. The number of amides is 1. The number of aryl methyl sites for hydroxylation is 1. The Labute approximate surface area is 171 Å². The minimum absolute atomic E-state index is 0.0135. The number of benzene rings is 2. The number of aliphatic carboxylic acids is 1. The van der Waals surface area contributed by atoms with Crippen molar-refractivity contribution in [3.05, 3.63) is 88.2 Å². The van der Waals surface area contributed by atoms with Gasteiger partial charge in [0.1, 0.15) is 17.1 Å². The molecule has 3 aromatic rings. The van der Waals surface area contributed by atoms with Crippen LogP contribution in [0.15, 0.2) is 66.5 Å². The molecule has 1 aliphatic heterocycles. The van der Waals surface area contributed by atoms with Crippen LogP contribution in [-0.4, -0.2) is 26.8 Å². The van der Waals surface area contributed by atoms with Gasteiger partial charge in [-0.2, -0.15) is 5.10 Å². The number of nitrogens with zero attached hydrogens (tertiary/aromatic N) is 2. The number of carbonyl (C=O) groups excluding carboxylic acids is 1. The van der Waals surface area contributed by atoms with Crippen LogP contribution in [0.3, 0.4) is 0 Å². The fourth-order valence-corrected chi connectivity index (χ4v) is 3.34. The summed E-state index contributed by atoms with van der Waals surface area (Å²) in [6.07, 6.45) is 2.99. The molecule has 0 aliphatic carbocycles. The minimum Gasteiger partial charge on any atom is -0.477 e. The molecular formula is C21H17ClN4O3. The summed E-state index contributed by atoms with van der Waals surface area (Å²) in [6, 6.07) is 14.0. The first kappa shape index (κ1) is 18.8. The normalized spacial score (nSPS) is 15.1. The number of allylic oxidation sites excluding steroid dienone is 1. The zero-order valence-electron chi connectivity index (χ0n) is 15.4. The van der Waals surface area contributed by atoms with Crippen molar-refractivity contribution in [2.24, 2.45) is 0 Å². The summed E-state index contributed by atoms with van der Waals surface area (Å²) in [5, 5.41) is 19.9. The molecule has 3 N–H and O–H groups in total. The van der Waals surface area contributed by atoms with Crippen molar-refractivity contribution in [2.75, 3.05) is 10.6 Å². The zero-order valence-corrected chi connectivity index (χ0v) is 16.1. The molecule has 0 bridgehead atoms. The van der Waals surface area contributed by atoms with Gasteiger partial charge in [-0.05, 0) is 36.8 Å². The number of carboxylic acid groups (broad SMARTS) is 1. The Morgan fingerprint density at radius 3 is 2.66 bits per heavy atom. The summed E-state index contributed by atoms with van der Waals surface area (Å²) in [4.78, 5) is 24.5. The van der Waals surface area contributed by atoms with Gasteiger partial charge in [0, 0.05) is 10.7 Å². The number of halogens is 1. The second kappa shape index (κ2) is 7.44. The Morgan fingerprint density at radius 1 is 1.21 bits per heavy atom. The summed E-state index contributed by atoms with van der Waals surface area (Å²) in [5.41, 5.74) is 2.70. The number of carboxylic acids is 1. The van der Waals surface area contributed by atoms with Gasteiger partial charge >= 0.3 is 5.97 Å². The van der Waals surface area contributed by atoms with E-state index in [2.05, 4.69) is 15.7 Å². The van der Waals surface area contributed by atoms with E-state index in [4.69, 9.17) is 11.6 Å². The van der Waals surface area contributed by atoms with Crippen LogP contribution in [0.4, 0.5) is 11.5 Å². The van der Waals surface area contributed by atoms with Crippen molar-refractivity contribution in [1.82, 2.24) is 9.78 Å². The van der Waals surface area contributed by atoms with Crippen LogP contribution in [0.1, 0.15) is 27.5 Å². The largest absolute Gasteiger partial charge is 0.477 e. The van der Waals surface area contributed by atoms with E-state index in [1.165, 1.54) is 6.20 Å². The van der Waals surface area contributed by atoms with E-state index in [1.54, 1.807) is 35.0 Å². The number of anilines is 2. The van der Waals surface area contributed by atoms with Gasteiger partial charge in [0.15, 0.2) is 0 Å². The van der Waals surface area contributed by atoms with Gasteiger partial charge < -0.3 is 15.7 Å². The monoisotopic (exact) mass is 408 g/mol. The Balaban J connectivity index is 1.72. The van der Waals surface area contributed by atoms with E-state index < -0.39 is 17.9 Å². The lowest BCUT2D eigenvalue weighted by molar-refractivity contribution is -0.132. The molecule has 1 atom stereocenters. The molecule has 1 aliphatic rings. The summed E-state index contributed by atoms with van der Waals surface area (Å²) in [5.74, 6) is -1.22. The molecule has 0 spiro atoms. The van der Waals surface area contributed by atoms with Crippen LogP contribution >= 0.6 is 11.6 Å². The highest BCUT2D eigenvalue weighted by Crippen LogP contribution is 2.32. The van der Waals surface area contributed by atoms with E-state index in [-0.39, 0.29) is 11.3 Å². The van der Waals surface area contributed by atoms with Gasteiger partial charge in [-0.1, -0.05) is 47.5 Å². The topological polar surface area (TPSA) is 96.2 Å². The van der Waals surface area contributed by atoms with Crippen LogP contribution < -0.4 is 10.6 Å². The Morgan fingerprint density at radius 2 is 1.97 bits per heavy atom. The van der Waals surface area contributed by atoms with Gasteiger partial charge in [-0.25, -0.2) is 9.48 Å². The van der Waals surface area contributed by atoms with Crippen molar-refractivity contribution in [1.29, 1.82) is 0 Å². The molecule has 1 aromatic heterocycles. The van der Waals surface area contributed by atoms with Gasteiger partial charge in [0.25, 0.3) is 5.91 Å². The number of hydrogen-bond acceptors (Lipinski definition) is 4. The fourth-order valence-electron chi connectivity index (χ4n) is 3.15. The third kappa shape index (κ3) is 3.72. The molecule has 0 radical (unpaired) electrons. The smallest absolute Gasteiger partial charge is 0.352 e. The highest BCUT2D eigenvalue weighted by molar-refractivity contribution is 6.31. The number of rotatable bonds is 4. The number of aromatic nitrogens is 2. The maximum absolute atomic E-state index is 12.8. The molecule has 0 fully saturated rings. The van der Waals surface area contributed by atoms with E-state index in [0.29, 0.717) is 16.5 Å². The first-order chi connectivity index (χ1) is 13.9. The van der Waals surface area contributed by atoms with Crippen LogP contribution in [0.25, 0.3) is 0 Å². The highest BCUT2D eigenvalue weighted by atomic mass is 35.5. The lowest BCUT2D eigenvalue weighted by Gasteiger charge is -2.24. The highest BCUT2D eigenvalue weighted by Gasteiger charge is 2.29. The summed E-state index contributed by atoms with van der Waals surface area (Å²) in [6.45, 7) is 1.97. The van der Waals surface area contributed by atoms with E-state index in [9.17, 15) is 14.7 Å². The molecule has 29 heavy (non-hydrogen) atoms. The lowest BCUT2D eigenvalue weighted by Crippen LogP contribution is -2.25. The first-order valence-electron chi connectivity index (χ1n) is 8.85. The third-order valence-corrected chi connectivity index (χ3v) is 4.85. The van der Waals surface area contributed by atoms with Crippen LogP contribution in [0, 0.1) is 6.92 Å². The Bertz CT molecular complexity index is 1140. The van der Waals surface area contributed by atoms with Crippen molar-refractivity contribution in [2.45, 2.75) is 13.0 Å². The molecule has 0 saturated carbocycles. The fraction of sp³-hybridized carbons (Fsp3) is 0.0952. The van der Waals surface area contributed by atoms with Gasteiger partial charge in [0.05, 0.1) is 12.2 Å². The van der Waals surface area contributed by atoms with Gasteiger partial charge in [-0.15, -0.1) is 0 Å². The van der Waals surface area contributed by atoms with Crippen molar-refractivity contribution in [3.63, 3.8) is 0 Å². The lowest BCUT2D eigenvalue weighted by atomic mass is 10.0. The van der Waals surface area contributed by atoms with Crippen molar-refractivity contribution >= 4 is 35.0 Å². The summed E-state index contributed by atoms with van der Waals surface area (Å²) in [7, 11) is 0. The van der Waals surface area contributed by atoms with E-state index in [1.807, 2.05) is 31.2 Å². The minimum atomic E-state index is -1.12. The molecule has 0 saturated heterocycles. The molecule has 8 heteroatoms. The summed E-state index contributed by atoms with van der Waals surface area (Å²) >= 11 is 5.97. The third-order valence-electron chi connectivity index (χ3n) is 4.61. The maximum Gasteiger partial charge on any atom is 0.352 e. The van der Waals surface area contributed by atoms with E-state index >= 15 is 0 Å². The molecule has 1 amide bonds. The predicted octanol–water partition coefficient (Wildman–Crippen LogP) is 4.08. The number of nitrogens with one attached hydrogen (secondary N) is 2. The van der Waals surface area contributed by atoms with Crippen LogP contribution in [-0.2, 0) is 4.79 Å². The molecular weight excluding hydrogens is 392 g/mol. The van der Waals surface area contributed by atoms with Crippen molar-refractivity contribution in [3.8, 4) is 0 Å². The molecule has 2 heterocycles. The van der Waals surface area contributed by atoms with Crippen LogP contribution in [0.5, 0.6) is 0 Å². The molecule has 7 nitrogen and oxygen atoms in total. The van der Waals surface area contributed by atoms with Crippen LogP contribution in [0.2, 0.25) is 5.02 Å².